The Balaban J connectivity index is 2.03. The molecule has 2 unspecified atom stereocenters. The van der Waals surface area contributed by atoms with Crippen LogP contribution in [-0.2, 0) is 0 Å². The molecular weight excluding hydrogens is 226 g/mol. The van der Waals surface area contributed by atoms with E-state index in [2.05, 4.69) is 5.32 Å². The number of hydrogen-bond acceptors (Lipinski definition) is 3. The van der Waals surface area contributed by atoms with Gasteiger partial charge in [-0.25, -0.2) is 8.78 Å². The Morgan fingerprint density at radius 3 is 2.76 bits per heavy atom. The first-order valence-corrected chi connectivity index (χ1v) is 5.74. The molecule has 2 rings (SSSR count). The summed E-state index contributed by atoms with van der Waals surface area (Å²) in [6, 6.07) is 1.92. The van der Waals surface area contributed by atoms with Crippen LogP contribution in [0.1, 0.15) is 19.3 Å². The number of nitrogens with one attached hydrogen (secondary N) is 1. The first-order chi connectivity index (χ1) is 8.08. The van der Waals surface area contributed by atoms with Crippen LogP contribution >= 0.6 is 0 Å². The lowest BCUT2D eigenvalue weighted by atomic mass is 10.1. The maximum atomic E-state index is 13.2. The highest BCUT2D eigenvalue weighted by atomic mass is 19.1. The minimum Gasteiger partial charge on any atom is -0.395 e. The van der Waals surface area contributed by atoms with Gasteiger partial charge in [0.05, 0.1) is 17.5 Å². The molecule has 0 heterocycles. The van der Waals surface area contributed by atoms with Crippen LogP contribution in [0.5, 0.6) is 0 Å². The van der Waals surface area contributed by atoms with Gasteiger partial charge < -0.3 is 16.2 Å². The highest BCUT2D eigenvalue weighted by Crippen LogP contribution is 2.28. The molecule has 17 heavy (non-hydrogen) atoms. The van der Waals surface area contributed by atoms with Crippen LogP contribution in [0, 0.1) is 17.6 Å². The van der Waals surface area contributed by atoms with Gasteiger partial charge in [0.1, 0.15) is 5.82 Å². The molecule has 0 spiro atoms. The summed E-state index contributed by atoms with van der Waals surface area (Å²) in [4.78, 5) is 0. The van der Waals surface area contributed by atoms with E-state index >= 15 is 0 Å². The Kier molecular flexibility index (Phi) is 3.47. The van der Waals surface area contributed by atoms with Gasteiger partial charge in [-0.3, -0.25) is 0 Å². The van der Waals surface area contributed by atoms with Gasteiger partial charge in [0.25, 0.3) is 0 Å². The van der Waals surface area contributed by atoms with Crippen LogP contribution in [0.25, 0.3) is 0 Å². The van der Waals surface area contributed by atoms with Crippen molar-refractivity contribution in [1.29, 1.82) is 0 Å². The fraction of sp³-hybridized carbons (Fsp3) is 0.500. The molecule has 0 radical (unpaired) electrons. The zero-order valence-electron chi connectivity index (χ0n) is 9.42. The second kappa shape index (κ2) is 4.87. The summed E-state index contributed by atoms with van der Waals surface area (Å²) >= 11 is 0. The Hall–Kier alpha value is -1.36. The number of nitrogens with two attached hydrogens (primary N) is 1. The fourth-order valence-corrected chi connectivity index (χ4v) is 2.23. The first-order valence-electron chi connectivity index (χ1n) is 5.74. The van der Waals surface area contributed by atoms with E-state index < -0.39 is 11.6 Å². The van der Waals surface area contributed by atoms with Crippen molar-refractivity contribution in [3.8, 4) is 0 Å². The summed E-state index contributed by atoms with van der Waals surface area (Å²) in [6.07, 6.45) is 2.37. The van der Waals surface area contributed by atoms with Gasteiger partial charge in [-0.05, 0) is 18.9 Å². The van der Waals surface area contributed by atoms with E-state index in [1.165, 1.54) is 6.07 Å². The Bertz CT molecular complexity index is 412. The zero-order valence-corrected chi connectivity index (χ0v) is 9.42. The van der Waals surface area contributed by atoms with E-state index in [9.17, 15) is 13.9 Å². The lowest BCUT2D eigenvalue weighted by molar-refractivity contribution is 0.138. The van der Waals surface area contributed by atoms with Crippen LogP contribution in [0.3, 0.4) is 0 Å². The van der Waals surface area contributed by atoms with E-state index in [1.807, 2.05) is 0 Å². The minimum absolute atomic E-state index is 0.0844. The van der Waals surface area contributed by atoms with Crippen LogP contribution in [-0.4, -0.2) is 17.8 Å². The second-order valence-electron chi connectivity index (χ2n) is 4.49. The molecule has 4 N–H and O–H groups in total. The summed E-state index contributed by atoms with van der Waals surface area (Å²) in [5.41, 5.74) is 5.67. The molecule has 1 aliphatic rings. The first kappa shape index (κ1) is 12.1. The molecule has 1 fully saturated rings. The van der Waals surface area contributed by atoms with Crippen molar-refractivity contribution in [2.75, 3.05) is 17.6 Å². The molecule has 0 bridgehead atoms. The number of rotatable bonds is 3. The molecule has 0 saturated heterocycles. The summed E-state index contributed by atoms with van der Waals surface area (Å²) in [6.45, 7) is 0.480. The van der Waals surface area contributed by atoms with Crippen LogP contribution < -0.4 is 11.1 Å². The maximum absolute atomic E-state index is 13.2. The topological polar surface area (TPSA) is 58.3 Å². The van der Waals surface area contributed by atoms with Crippen molar-refractivity contribution in [3.05, 3.63) is 23.8 Å². The highest BCUT2D eigenvalue weighted by molar-refractivity contribution is 5.66. The van der Waals surface area contributed by atoms with E-state index in [0.29, 0.717) is 6.54 Å². The van der Waals surface area contributed by atoms with Crippen LogP contribution in [0.15, 0.2) is 12.1 Å². The third-order valence-electron chi connectivity index (χ3n) is 3.27. The molecule has 2 atom stereocenters. The van der Waals surface area contributed by atoms with Gasteiger partial charge in [0, 0.05) is 18.5 Å². The van der Waals surface area contributed by atoms with Crippen molar-refractivity contribution in [2.45, 2.75) is 25.4 Å². The van der Waals surface area contributed by atoms with Gasteiger partial charge in [0.15, 0.2) is 5.82 Å². The summed E-state index contributed by atoms with van der Waals surface area (Å²) in [5, 5.41) is 12.5. The van der Waals surface area contributed by atoms with E-state index in [0.717, 1.165) is 25.3 Å². The van der Waals surface area contributed by atoms with Crippen molar-refractivity contribution in [2.24, 2.45) is 5.92 Å². The van der Waals surface area contributed by atoms with Gasteiger partial charge >= 0.3 is 0 Å². The summed E-state index contributed by atoms with van der Waals surface area (Å²) in [5.74, 6) is -1.30. The molecule has 0 aromatic heterocycles. The van der Waals surface area contributed by atoms with Crippen molar-refractivity contribution < 1.29 is 13.9 Å². The predicted molar refractivity (Wildman–Crippen MR) is 62.6 cm³/mol. The van der Waals surface area contributed by atoms with Gasteiger partial charge in [-0.1, -0.05) is 6.42 Å². The van der Waals surface area contributed by atoms with Gasteiger partial charge in [0.2, 0.25) is 0 Å². The van der Waals surface area contributed by atoms with Crippen LogP contribution in [0.4, 0.5) is 20.2 Å². The number of hydrogen-bond donors (Lipinski definition) is 3. The lowest BCUT2D eigenvalue weighted by Crippen LogP contribution is -2.22. The number of halogens is 2. The Labute approximate surface area is 98.6 Å². The van der Waals surface area contributed by atoms with Crippen molar-refractivity contribution in [3.63, 3.8) is 0 Å². The molecule has 5 heteroatoms. The number of aliphatic hydroxyl groups excluding tert-OH is 1. The minimum atomic E-state index is -0.764. The fourth-order valence-electron chi connectivity index (χ4n) is 2.23. The SMILES string of the molecule is Nc1c(F)cc(F)cc1NCC1CCCC1O. The number of aliphatic hydroxyl groups is 1. The Morgan fingerprint density at radius 2 is 2.12 bits per heavy atom. The maximum Gasteiger partial charge on any atom is 0.151 e. The quantitative estimate of drug-likeness (QED) is 0.711. The molecule has 94 valence electrons. The third-order valence-corrected chi connectivity index (χ3v) is 3.27. The average molecular weight is 242 g/mol. The molecule has 0 aliphatic heterocycles. The van der Waals surface area contributed by atoms with Crippen molar-refractivity contribution >= 4 is 11.4 Å². The number of benzene rings is 1. The van der Waals surface area contributed by atoms with Gasteiger partial charge in [-0.2, -0.15) is 0 Å². The van der Waals surface area contributed by atoms with Crippen LogP contribution in [0.2, 0.25) is 0 Å². The standard InChI is InChI=1S/C12H16F2N2O/c13-8-4-9(14)12(15)10(5-8)16-6-7-2-1-3-11(7)17/h4-5,7,11,16-17H,1-3,6,15H2. The monoisotopic (exact) mass is 242 g/mol. The summed E-state index contributed by atoms with van der Waals surface area (Å²) < 4.78 is 26.2. The molecular formula is C12H16F2N2O. The molecule has 1 saturated carbocycles. The molecule has 1 aromatic carbocycles. The Morgan fingerprint density at radius 1 is 1.35 bits per heavy atom. The zero-order chi connectivity index (χ0) is 12.4. The largest absolute Gasteiger partial charge is 0.395 e. The molecule has 1 aromatic rings. The number of nitrogen functional groups attached to an aromatic ring is 1. The second-order valence-corrected chi connectivity index (χ2v) is 4.49. The highest BCUT2D eigenvalue weighted by Gasteiger charge is 2.25. The number of anilines is 2. The molecule has 0 amide bonds. The predicted octanol–water partition coefficient (Wildman–Crippen LogP) is 2.12. The normalized spacial score (nSPS) is 23.9. The van der Waals surface area contributed by atoms with Crippen molar-refractivity contribution in [1.82, 2.24) is 0 Å². The lowest BCUT2D eigenvalue weighted by Gasteiger charge is -2.17. The van der Waals surface area contributed by atoms with E-state index in [-0.39, 0.29) is 23.4 Å². The third kappa shape index (κ3) is 2.66. The molecule has 1 aliphatic carbocycles. The van der Waals surface area contributed by atoms with Gasteiger partial charge in [-0.15, -0.1) is 0 Å². The molecule has 3 nitrogen and oxygen atoms in total. The summed E-state index contributed by atoms with van der Waals surface area (Å²) in [7, 11) is 0. The smallest absolute Gasteiger partial charge is 0.151 e. The van der Waals surface area contributed by atoms with E-state index in [4.69, 9.17) is 5.73 Å². The van der Waals surface area contributed by atoms with E-state index in [1.54, 1.807) is 0 Å². The average Bonchev–Trinajstić information content (AvgIpc) is 2.67.